The molecule has 0 bridgehead atoms. The van der Waals surface area contributed by atoms with Crippen LogP contribution >= 0.6 is 0 Å². The highest BCUT2D eigenvalue weighted by Crippen LogP contribution is 2.33. The van der Waals surface area contributed by atoms with Gasteiger partial charge >= 0.3 is 0 Å². The molecule has 1 fully saturated rings. The minimum Gasteiger partial charge on any atom is -0.468 e. The molecule has 2 N–H and O–H groups in total. The maximum Gasteiger partial charge on any atom is 0.117 e. The van der Waals surface area contributed by atoms with E-state index in [1.165, 1.54) is 0 Å². The van der Waals surface area contributed by atoms with Gasteiger partial charge in [-0.2, -0.15) is 0 Å². The Morgan fingerprint density at radius 1 is 1.53 bits per heavy atom. The van der Waals surface area contributed by atoms with Crippen LogP contribution in [-0.2, 0) is 11.3 Å². The quantitative estimate of drug-likeness (QED) is 0.888. The molecule has 1 aromatic rings. The standard InChI is InChI=1S/C15H26N2O2/c1-12(2)14-9-15(11-16,6-8-19-14)17(3)10-13-5-4-7-18-13/h4-5,7,12,14H,6,8-11,16H2,1-3H3. The first-order valence-corrected chi connectivity index (χ1v) is 7.13. The number of nitrogens with two attached hydrogens (primary N) is 1. The second kappa shape index (κ2) is 6.07. The first-order valence-electron chi connectivity index (χ1n) is 7.13. The van der Waals surface area contributed by atoms with Crippen LogP contribution in [0.2, 0.25) is 0 Å². The third-order valence-corrected chi connectivity index (χ3v) is 4.39. The molecule has 0 radical (unpaired) electrons. The van der Waals surface area contributed by atoms with Crippen molar-refractivity contribution in [3.63, 3.8) is 0 Å². The van der Waals surface area contributed by atoms with Gasteiger partial charge in [0, 0.05) is 18.7 Å². The van der Waals surface area contributed by atoms with Crippen molar-refractivity contribution in [1.82, 2.24) is 4.90 Å². The molecule has 2 heterocycles. The summed E-state index contributed by atoms with van der Waals surface area (Å²) in [5.41, 5.74) is 6.13. The van der Waals surface area contributed by atoms with E-state index in [0.717, 1.165) is 31.8 Å². The van der Waals surface area contributed by atoms with Crippen molar-refractivity contribution < 1.29 is 9.15 Å². The molecule has 0 amide bonds. The summed E-state index contributed by atoms with van der Waals surface area (Å²) in [5, 5.41) is 0. The second-order valence-corrected chi connectivity index (χ2v) is 5.97. The smallest absolute Gasteiger partial charge is 0.117 e. The van der Waals surface area contributed by atoms with Gasteiger partial charge in [-0.05, 0) is 37.9 Å². The van der Waals surface area contributed by atoms with Gasteiger partial charge in [0.1, 0.15) is 5.76 Å². The monoisotopic (exact) mass is 266 g/mol. The molecule has 19 heavy (non-hydrogen) atoms. The largest absolute Gasteiger partial charge is 0.468 e. The molecule has 108 valence electrons. The van der Waals surface area contributed by atoms with Gasteiger partial charge in [0.25, 0.3) is 0 Å². The lowest BCUT2D eigenvalue weighted by molar-refractivity contribution is -0.0844. The molecule has 0 aromatic carbocycles. The van der Waals surface area contributed by atoms with Gasteiger partial charge in [0.2, 0.25) is 0 Å². The van der Waals surface area contributed by atoms with Gasteiger partial charge in [0.15, 0.2) is 0 Å². The molecule has 0 aliphatic carbocycles. The Balaban J connectivity index is 2.07. The van der Waals surface area contributed by atoms with Crippen LogP contribution in [0.3, 0.4) is 0 Å². The summed E-state index contributed by atoms with van der Waals surface area (Å²) >= 11 is 0. The summed E-state index contributed by atoms with van der Waals surface area (Å²) in [5.74, 6) is 1.52. The van der Waals surface area contributed by atoms with Crippen molar-refractivity contribution in [2.45, 2.75) is 44.9 Å². The van der Waals surface area contributed by atoms with Gasteiger partial charge in [-0.15, -0.1) is 0 Å². The van der Waals surface area contributed by atoms with E-state index < -0.39 is 0 Å². The van der Waals surface area contributed by atoms with Crippen molar-refractivity contribution >= 4 is 0 Å². The molecule has 2 rings (SSSR count). The summed E-state index contributed by atoms with van der Waals surface area (Å²) in [6.07, 6.45) is 4.01. The Hall–Kier alpha value is -0.840. The van der Waals surface area contributed by atoms with Crippen LogP contribution in [0.25, 0.3) is 0 Å². The van der Waals surface area contributed by atoms with E-state index >= 15 is 0 Å². The normalized spacial score (nSPS) is 28.2. The first kappa shape index (κ1) is 14.6. The van der Waals surface area contributed by atoms with Crippen LogP contribution in [-0.4, -0.2) is 36.7 Å². The molecule has 1 aliphatic rings. The van der Waals surface area contributed by atoms with Crippen molar-refractivity contribution in [1.29, 1.82) is 0 Å². The maximum atomic E-state index is 6.10. The van der Waals surface area contributed by atoms with Gasteiger partial charge in [-0.3, -0.25) is 4.90 Å². The highest BCUT2D eigenvalue weighted by molar-refractivity contribution is 5.02. The fourth-order valence-corrected chi connectivity index (χ4v) is 2.86. The molecule has 2 atom stereocenters. The summed E-state index contributed by atoms with van der Waals surface area (Å²) in [7, 11) is 2.14. The van der Waals surface area contributed by atoms with E-state index in [4.69, 9.17) is 14.9 Å². The van der Waals surface area contributed by atoms with E-state index in [1.54, 1.807) is 6.26 Å². The summed E-state index contributed by atoms with van der Waals surface area (Å²) < 4.78 is 11.3. The van der Waals surface area contributed by atoms with Gasteiger partial charge in [-0.25, -0.2) is 0 Å². The average Bonchev–Trinajstić information content (AvgIpc) is 2.91. The van der Waals surface area contributed by atoms with Crippen molar-refractivity contribution in [2.75, 3.05) is 20.2 Å². The van der Waals surface area contributed by atoms with E-state index in [-0.39, 0.29) is 5.54 Å². The average molecular weight is 266 g/mol. The first-order chi connectivity index (χ1) is 9.07. The lowest BCUT2D eigenvalue weighted by Gasteiger charge is -2.47. The lowest BCUT2D eigenvalue weighted by Crippen LogP contribution is -2.57. The number of hydrogen-bond donors (Lipinski definition) is 1. The molecule has 1 aromatic heterocycles. The zero-order valence-corrected chi connectivity index (χ0v) is 12.3. The van der Waals surface area contributed by atoms with Crippen LogP contribution in [0.5, 0.6) is 0 Å². The SMILES string of the molecule is CC(C)C1CC(CN)(N(C)Cc2ccco2)CCO1. The van der Waals surface area contributed by atoms with Crippen LogP contribution < -0.4 is 5.73 Å². The highest BCUT2D eigenvalue weighted by Gasteiger charge is 2.40. The molecule has 1 aliphatic heterocycles. The van der Waals surface area contributed by atoms with Crippen LogP contribution in [0.15, 0.2) is 22.8 Å². The van der Waals surface area contributed by atoms with Gasteiger partial charge in [0.05, 0.1) is 18.9 Å². The van der Waals surface area contributed by atoms with Gasteiger partial charge in [-0.1, -0.05) is 13.8 Å². The Labute approximate surface area is 115 Å². The molecular weight excluding hydrogens is 240 g/mol. The second-order valence-electron chi connectivity index (χ2n) is 5.97. The Kier molecular flexibility index (Phi) is 4.66. The summed E-state index contributed by atoms with van der Waals surface area (Å²) in [6, 6.07) is 3.94. The van der Waals surface area contributed by atoms with Crippen LogP contribution in [0, 0.1) is 5.92 Å². The highest BCUT2D eigenvalue weighted by atomic mass is 16.5. The Morgan fingerprint density at radius 2 is 2.32 bits per heavy atom. The van der Waals surface area contributed by atoms with Crippen molar-refractivity contribution in [3.05, 3.63) is 24.2 Å². The predicted molar refractivity (Wildman–Crippen MR) is 75.8 cm³/mol. The third-order valence-electron chi connectivity index (χ3n) is 4.39. The number of furan rings is 1. The van der Waals surface area contributed by atoms with E-state index in [9.17, 15) is 0 Å². The summed E-state index contributed by atoms with van der Waals surface area (Å²) in [4.78, 5) is 2.34. The molecule has 4 nitrogen and oxygen atoms in total. The Bertz CT molecular complexity index is 378. The molecule has 0 saturated carbocycles. The molecule has 0 spiro atoms. The van der Waals surface area contributed by atoms with Crippen molar-refractivity contribution in [2.24, 2.45) is 11.7 Å². The third kappa shape index (κ3) is 3.19. The number of likely N-dealkylation sites (N-methyl/N-ethyl adjacent to an activating group) is 1. The number of rotatable bonds is 5. The zero-order chi connectivity index (χ0) is 13.9. The van der Waals surface area contributed by atoms with Crippen LogP contribution in [0.1, 0.15) is 32.4 Å². The molecule has 1 saturated heterocycles. The number of ether oxygens (including phenoxy) is 1. The zero-order valence-electron chi connectivity index (χ0n) is 12.3. The number of nitrogens with zero attached hydrogens (tertiary/aromatic N) is 1. The van der Waals surface area contributed by atoms with E-state index in [1.807, 2.05) is 12.1 Å². The minimum absolute atomic E-state index is 0.0278. The topological polar surface area (TPSA) is 51.6 Å². The number of hydrogen-bond acceptors (Lipinski definition) is 4. The molecule has 4 heteroatoms. The molecule has 2 unspecified atom stereocenters. The predicted octanol–water partition coefficient (Wildman–Crippen LogP) is 2.24. The van der Waals surface area contributed by atoms with Gasteiger partial charge < -0.3 is 14.9 Å². The molecular formula is C15H26N2O2. The Morgan fingerprint density at radius 3 is 2.89 bits per heavy atom. The lowest BCUT2D eigenvalue weighted by atomic mass is 9.82. The summed E-state index contributed by atoms with van der Waals surface area (Å²) in [6.45, 7) is 6.68. The fraction of sp³-hybridized carbons (Fsp3) is 0.733. The van der Waals surface area contributed by atoms with E-state index in [0.29, 0.717) is 18.6 Å². The minimum atomic E-state index is 0.0278. The maximum absolute atomic E-state index is 6.10. The fourth-order valence-electron chi connectivity index (χ4n) is 2.86. The van der Waals surface area contributed by atoms with Crippen molar-refractivity contribution in [3.8, 4) is 0 Å². The van der Waals surface area contributed by atoms with Crippen LogP contribution in [0.4, 0.5) is 0 Å². The van der Waals surface area contributed by atoms with E-state index in [2.05, 4.69) is 25.8 Å².